The van der Waals surface area contributed by atoms with Crippen LogP contribution in [-0.4, -0.2) is 9.55 Å². The van der Waals surface area contributed by atoms with Gasteiger partial charge in [0.15, 0.2) is 12.2 Å². The lowest BCUT2D eigenvalue weighted by molar-refractivity contribution is 0.557. The first-order chi connectivity index (χ1) is 24.3. The van der Waals surface area contributed by atoms with Gasteiger partial charge in [-0.1, -0.05) is 109 Å². The fourth-order valence-electron chi connectivity index (χ4n) is 8.07. The summed E-state index contributed by atoms with van der Waals surface area (Å²) in [5.41, 5.74) is 12.2. The zero-order valence-electron chi connectivity index (χ0n) is 26.4. The third kappa shape index (κ3) is 3.96. The maximum absolute atomic E-state index is 5.71. The van der Waals surface area contributed by atoms with Gasteiger partial charge in [0, 0.05) is 28.2 Å². The third-order valence-corrected chi connectivity index (χ3v) is 10.0. The smallest absolute Gasteiger partial charge is 0.182 e. The first kappa shape index (κ1) is 27.5. The van der Waals surface area contributed by atoms with Crippen molar-refractivity contribution < 1.29 is 8.83 Å². The number of benzene rings is 6. The molecule has 6 aromatic carbocycles. The SMILES string of the molecule is c1ccc(C2(c3ccccc3)c3ccccc3-c3ccc(N(c4ccoc4)c4ccc5c(c4)c4ccccc4n5-c4cocn4)cc32)cc1. The molecule has 0 fully saturated rings. The standard InChI is InChI=1S/C44H29N3O2/c1-3-11-30(12-4-1)44(31-13-5-2-6-14-31)39-17-9-7-15-35(39)36-21-19-33(26-40(36)44)46(34-23-24-48-27-34)32-20-22-42-38(25-32)37-16-8-10-18-41(37)47(42)43-28-49-29-45-43/h1-29H. The van der Waals surface area contributed by atoms with Gasteiger partial charge in [0.05, 0.1) is 28.4 Å². The second-order valence-electron chi connectivity index (χ2n) is 12.5. The van der Waals surface area contributed by atoms with Crippen molar-refractivity contribution in [3.05, 3.63) is 199 Å². The van der Waals surface area contributed by atoms with Crippen LogP contribution in [0.5, 0.6) is 0 Å². The lowest BCUT2D eigenvalue weighted by Gasteiger charge is -2.34. The molecule has 0 bridgehead atoms. The molecule has 232 valence electrons. The molecule has 0 N–H and O–H groups in total. The normalized spacial score (nSPS) is 13.1. The Balaban J connectivity index is 1.23. The third-order valence-electron chi connectivity index (χ3n) is 10.0. The molecule has 49 heavy (non-hydrogen) atoms. The van der Waals surface area contributed by atoms with Crippen molar-refractivity contribution in [2.45, 2.75) is 5.41 Å². The molecule has 1 aliphatic carbocycles. The topological polar surface area (TPSA) is 47.3 Å². The van der Waals surface area contributed by atoms with E-state index in [0.717, 1.165) is 44.7 Å². The van der Waals surface area contributed by atoms with Crippen LogP contribution >= 0.6 is 0 Å². The van der Waals surface area contributed by atoms with E-state index in [4.69, 9.17) is 8.83 Å². The summed E-state index contributed by atoms with van der Waals surface area (Å²) < 4.78 is 13.3. The van der Waals surface area contributed by atoms with Crippen molar-refractivity contribution in [1.29, 1.82) is 0 Å². The number of oxazole rings is 1. The van der Waals surface area contributed by atoms with Crippen LogP contribution < -0.4 is 4.90 Å². The molecular formula is C44H29N3O2. The highest BCUT2D eigenvalue weighted by atomic mass is 16.3. The maximum atomic E-state index is 5.71. The molecule has 10 rings (SSSR count). The summed E-state index contributed by atoms with van der Waals surface area (Å²) in [7, 11) is 0. The van der Waals surface area contributed by atoms with Crippen LogP contribution in [0.3, 0.4) is 0 Å². The minimum atomic E-state index is -0.499. The quantitative estimate of drug-likeness (QED) is 0.183. The second kappa shape index (κ2) is 10.7. The van der Waals surface area contributed by atoms with E-state index < -0.39 is 5.41 Å². The summed E-state index contributed by atoms with van der Waals surface area (Å²) in [6, 6.07) is 54.7. The summed E-state index contributed by atoms with van der Waals surface area (Å²) in [4.78, 5) is 6.78. The Kier molecular flexibility index (Phi) is 6.02. The molecule has 0 amide bonds. The van der Waals surface area contributed by atoms with E-state index in [1.54, 1.807) is 12.5 Å². The minimum Gasteiger partial charge on any atom is -0.470 e. The molecule has 0 atom stereocenters. The summed E-state index contributed by atoms with van der Waals surface area (Å²) in [6.07, 6.45) is 6.71. The molecule has 9 aromatic rings. The number of furan rings is 1. The summed E-state index contributed by atoms with van der Waals surface area (Å²) >= 11 is 0. The monoisotopic (exact) mass is 631 g/mol. The van der Waals surface area contributed by atoms with Crippen LogP contribution in [0.2, 0.25) is 0 Å². The highest BCUT2D eigenvalue weighted by Crippen LogP contribution is 2.57. The van der Waals surface area contributed by atoms with Gasteiger partial charge in [-0.05, 0) is 69.8 Å². The Bertz CT molecular complexity index is 2560. The molecule has 3 heterocycles. The van der Waals surface area contributed by atoms with E-state index in [0.29, 0.717) is 0 Å². The number of hydrogen-bond acceptors (Lipinski definition) is 4. The molecule has 5 heteroatoms. The Hall–Kier alpha value is -6.59. The van der Waals surface area contributed by atoms with Crippen molar-refractivity contribution in [1.82, 2.24) is 9.55 Å². The Morgan fingerprint density at radius 3 is 1.94 bits per heavy atom. The molecule has 0 saturated heterocycles. The number of anilines is 3. The van der Waals surface area contributed by atoms with Gasteiger partial charge in [0.25, 0.3) is 0 Å². The zero-order valence-corrected chi connectivity index (χ0v) is 26.4. The lowest BCUT2D eigenvalue weighted by Crippen LogP contribution is -2.28. The number of rotatable bonds is 6. The molecule has 5 nitrogen and oxygen atoms in total. The summed E-state index contributed by atoms with van der Waals surface area (Å²) in [6.45, 7) is 0. The van der Waals surface area contributed by atoms with Crippen LogP contribution in [0.4, 0.5) is 17.1 Å². The first-order valence-electron chi connectivity index (χ1n) is 16.4. The summed E-state index contributed by atoms with van der Waals surface area (Å²) in [5.74, 6) is 0.752. The zero-order chi connectivity index (χ0) is 32.4. The predicted octanol–water partition coefficient (Wildman–Crippen LogP) is 11.2. The van der Waals surface area contributed by atoms with Gasteiger partial charge in [-0.3, -0.25) is 4.57 Å². The van der Waals surface area contributed by atoms with Crippen LogP contribution in [0.25, 0.3) is 38.8 Å². The fraction of sp³-hybridized carbons (Fsp3) is 0.0227. The van der Waals surface area contributed by atoms with Gasteiger partial charge in [0.1, 0.15) is 12.5 Å². The van der Waals surface area contributed by atoms with Gasteiger partial charge in [-0.15, -0.1) is 0 Å². The van der Waals surface area contributed by atoms with Gasteiger partial charge < -0.3 is 13.7 Å². The molecule has 0 spiro atoms. The number of fused-ring (bicyclic) bond motifs is 6. The van der Waals surface area contributed by atoms with Gasteiger partial charge >= 0.3 is 0 Å². The molecule has 0 saturated carbocycles. The highest BCUT2D eigenvalue weighted by Gasteiger charge is 2.46. The second-order valence-corrected chi connectivity index (χ2v) is 12.5. The largest absolute Gasteiger partial charge is 0.470 e. The molecule has 0 radical (unpaired) electrons. The van der Waals surface area contributed by atoms with Crippen LogP contribution in [0, 0.1) is 0 Å². The Morgan fingerprint density at radius 2 is 1.18 bits per heavy atom. The van der Waals surface area contributed by atoms with Crippen molar-refractivity contribution in [3.63, 3.8) is 0 Å². The van der Waals surface area contributed by atoms with Crippen LogP contribution in [0.1, 0.15) is 22.3 Å². The van der Waals surface area contributed by atoms with E-state index in [9.17, 15) is 0 Å². The van der Waals surface area contributed by atoms with Crippen LogP contribution in [-0.2, 0) is 5.41 Å². The van der Waals surface area contributed by atoms with Gasteiger partial charge in [-0.25, -0.2) is 0 Å². The first-order valence-corrected chi connectivity index (χ1v) is 16.4. The number of nitrogens with zero attached hydrogens (tertiary/aromatic N) is 3. The average molecular weight is 632 g/mol. The average Bonchev–Trinajstić information content (AvgIpc) is 3.98. The van der Waals surface area contributed by atoms with Crippen molar-refractivity contribution in [3.8, 4) is 16.9 Å². The Labute approximate surface area is 282 Å². The Morgan fingerprint density at radius 1 is 0.510 bits per heavy atom. The molecule has 1 aliphatic rings. The number of aromatic nitrogens is 2. The van der Waals surface area contributed by atoms with E-state index >= 15 is 0 Å². The van der Waals surface area contributed by atoms with Crippen LogP contribution in [0.15, 0.2) is 186 Å². The van der Waals surface area contributed by atoms with E-state index in [-0.39, 0.29) is 0 Å². The van der Waals surface area contributed by atoms with E-state index in [2.05, 4.69) is 160 Å². The minimum absolute atomic E-state index is 0.499. The highest BCUT2D eigenvalue weighted by molar-refractivity contribution is 6.10. The predicted molar refractivity (Wildman–Crippen MR) is 195 cm³/mol. The van der Waals surface area contributed by atoms with Crippen molar-refractivity contribution in [2.24, 2.45) is 0 Å². The number of para-hydroxylation sites is 1. The van der Waals surface area contributed by atoms with Crippen molar-refractivity contribution in [2.75, 3.05) is 4.90 Å². The molecule has 0 aliphatic heterocycles. The van der Waals surface area contributed by atoms with Crippen molar-refractivity contribution >= 4 is 38.9 Å². The summed E-state index contributed by atoms with van der Waals surface area (Å²) in [5, 5.41) is 2.27. The van der Waals surface area contributed by atoms with E-state index in [1.165, 1.54) is 39.8 Å². The van der Waals surface area contributed by atoms with E-state index in [1.807, 2.05) is 12.3 Å². The number of hydrogen-bond donors (Lipinski definition) is 0. The van der Waals surface area contributed by atoms with Gasteiger partial charge in [0.2, 0.25) is 0 Å². The lowest BCUT2D eigenvalue weighted by atomic mass is 9.67. The fourth-order valence-corrected chi connectivity index (χ4v) is 8.07. The molecule has 0 unspecified atom stereocenters. The maximum Gasteiger partial charge on any atom is 0.182 e. The molecular weight excluding hydrogens is 603 g/mol. The molecule has 3 aromatic heterocycles. The van der Waals surface area contributed by atoms with Gasteiger partial charge in [-0.2, -0.15) is 4.98 Å².